The molecule has 0 atom stereocenters. The Balaban J connectivity index is 2.06. The third-order valence-corrected chi connectivity index (χ3v) is 7.39. The molecule has 0 saturated heterocycles. The molecule has 2 aromatic carbocycles. The molecule has 0 aliphatic heterocycles. The maximum absolute atomic E-state index is 10.3. The third kappa shape index (κ3) is 4.01. The molecular formula is C20H21NOS3. The summed E-state index contributed by atoms with van der Waals surface area (Å²) < 4.78 is 0.906. The molecule has 0 spiro atoms. The highest BCUT2D eigenvalue weighted by molar-refractivity contribution is 7.80. The Morgan fingerprint density at radius 3 is 2.36 bits per heavy atom. The highest BCUT2D eigenvalue weighted by Crippen LogP contribution is 2.42. The van der Waals surface area contributed by atoms with Crippen LogP contribution in [0.3, 0.4) is 0 Å². The normalized spacial score (nSPS) is 11.2. The van der Waals surface area contributed by atoms with Crippen molar-refractivity contribution in [1.29, 1.82) is 0 Å². The van der Waals surface area contributed by atoms with Crippen molar-refractivity contribution in [3.05, 3.63) is 57.9 Å². The molecule has 0 amide bonds. The van der Waals surface area contributed by atoms with Crippen LogP contribution in [0.2, 0.25) is 0 Å². The SMILES string of the molecule is CCN(CC)Cc1cc(-c2c(-c3ccccc3)ssc2=S)ccc1O. The summed E-state index contributed by atoms with van der Waals surface area (Å²) >= 11 is 5.62. The lowest BCUT2D eigenvalue weighted by molar-refractivity contribution is 0.291. The first-order chi connectivity index (χ1) is 12.1. The minimum atomic E-state index is 0.349. The van der Waals surface area contributed by atoms with E-state index in [1.165, 1.54) is 10.4 Å². The van der Waals surface area contributed by atoms with Gasteiger partial charge in [-0.25, -0.2) is 0 Å². The topological polar surface area (TPSA) is 23.5 Å². The van der Waals surface area contributed by atoms with E-state index < -0.39 is 0 Å². The van der Waals surface area contributed by atoms with Crippen molar-refractivity contribution in [2.24, 2.45) is 0 Å². The summed E-state index contributed by atoms with van der Waals surface area (Å²) in [5.41, 5.74) is 4.33. The van der Waals surface area contributed by atoms with E-state index >= 15 is 0 Å². The lowest BCUT2D eigenvalue weighted by atomic mass is 10.0. The standard InChI is InChI=1S/C20H21NOS3/c1-3-21(4-2)13-16-12-15(10-11-17(16)22)18-19(24-25-20(18)23)14-8-6-5-7-9-14/h5-12,22H,3-4,13H2,1-2H3. The van der Waals surface area contributed by atoms with E-state index in [-0.39, 0.29) is 0 Å². The number of nitrogens with zero attached hydrogens (tertiary/aromatic N) is 1. The van der Waals surface area contributed by atoms with Gasteiger partial charge in [0.15, 0.2) is 0 Å². The number of aromatic hydroxyl groups is 1. The molecular weight excluding hydrogens is 366 g/mol. The van der Waals surface area contributed by atoms with Crippen LogP contribution in [0.4, 0.5) is 0 Å². The van der Waals surface area contributed by atoms with E-state index in [2.05, 4.69) is 49.1 Å². The lowest BCUT2D eigenvalue weighted by Gasteiger charge is -2.19. The van der Waals surface area contributed by atoms with Crippen LogP contribution in [-0.2, 0) is 6.54 Å². The summed E-state index contributed by atoms with van der Waals surface area (Å²) in [5.74, 6) is 0.349. The highest BCUT2D eigenvalue weighted by atomic mass is 32.9. The first-order valence-corrected chi connectivity index (χ1v) is 10.9. The molecule has 0 saturated carbocycles. The first-order valence-electron chi connectivity index (χ1n) is 8.37. The van der Waals surface area contributed by atoms with Crippen LogP contribution in [0.5, 0.6) is 5.75 Å². The van der Waals surface area contributed by atoms with E-state index in [1.807, 2.05) is 12.1 Å². The molecule has 1 aromatic heterocycles. The maximum atomic E-state index is 10.3. The van der Waals surface area contributed by atoms with E-state index in [1.54, 1.807) is 26.7 Å². The minimum absolute atomic E-state index is 0.349. The predicted octanol–water partition coefficient (Wildman–Crippen LogP) is 6.42. The minimum Gasteiger partial charge on any atom is -0.508 e. The van der Waals surface area contributed by atoms with Crippen molar-refractivity contribution in [2.75, 3.05) is 13.1 Å². The van der Waals surface area contributed by atoms with Gasteiger partial charge in [-0.15, -0.1) is 0 Å². The zero-order valence-electron chi connectivity index (χ0n) is 14.4. The summed E-state index contributed by atoms with van der Waals surface area (Å²) in [6.07, 6.45) is 0. The second-order valence-electron chi connectivity index (χ2n) is 5.83. The van der Waals surface area contributed by atoms with Crippen molar-refractivity contribution >= 4 is 32.9 Å². The van der Waals surface area contributed by atoms with Crippen LogP contribution >= 0.6 is 32.9 Å². The van der Waals surface area contributed by atoms with Crippen molar-refractivity contribution in [3.63, 3.8) is 0 Å². The van der Waals surface area contributed by atoms with Gasteiger partial charge in [0.1, 0.15) is 9.57 Å². The molecule has 0 radical (unpaired) electrons. The zero-order chi connectivity index (χ0) is 17.8. The number of phenols is 1. The highest BCUT2D eigenvalue weighted by Gasteiger charge is 2.15. The van der Waals surface area contributed by atoms with Gasteiger partial charge in [-0.2, -0.15) is 0 Å². The maximum Gasteiger partial charge on any atom is 0.120 e. The third-order valence-electron chi connectivity index (χ3n) is 4.32. The van der Waals surface area contributed by atoms with Crippen molar-refractivity contribution in [1.82, 2.24) is 4.90 Å². The molecule has 5 heteroatoms. The number of hydrogen-bond donors (Lipinski definition) is 1. The van der Waals surface area contributed by atoms with Gasteiger partial charge in [0.2, 0.25) is 0 Å². The Hall–Kier alpha value is -1.53. The van der Waals surface area contributed by atoms with Crippen molar-refractivity contribution < 1.29 is 5.11 Å². The van der Waals surface area contributed by atoms with E-state index in [0.717, 1.165) is 40.1 Å². The smallest absolute Gasteiger partial charge is 0.120 e. The van der Waals surface area contributed by atoms with Crippen molar-refractivity contribution in [3.8, 4) is 27.3 Å². The van der Waals surface area contributed by atoms with Crippen LogP contribution in [0.15, 0.2) is 48.5 Å². The Morgan fingerprint density at radius 1 is 0.960 bits per heavy atom. The molecule has 3 rings (SSSR count). The number of benzene rings is 2. The molecule has 2 nitrogen and oxygen atoms in total. The fourth-order valence-electron chi connectivity index (χ4n) is 2.84. The van der Waals surface area contributed by atoms with Gasteiger partial charge < -0.3 is 5.11 Å². The molecule has 1 heterocycles. The van der Waals surface area contributed by atoms with Crippen LogP contribution in [-0.4, -0.2) is 23.1 Å². The predicted molar refractivity (Wildman–Crippen MR) is 112 cm³/mol. The van der Waals surface area contributed by atoms with Gasteiger partial charge in [-0.1, -0.05) is 83.1 Å². The Kier molecular flexibility index (Phi) is 6.02. The van der Waals surface area contributed by atoms with E-state index in [9.17, 15) is 5.11 Å². The van der Waals surface area contributed by atoms with Crippen LogP contribution in [0.25, 0.3) is 21.6 Å². The van der Waals surface area contributed by atoms with Crippen LogP contribution < -0.4 is 0 Å². The van der Waals surface area contributed by atoms with Gasteiger partial charge in [0.25, 0.3) is 0 Å². The fraction of sp³-hybridized carbons (Fsp3) is 0.250. The Morgan fingerprint density at radius 2 is 1.68 bits per heavy atom. The van der Waals surface area contributed by atoms with Crippen LogP contribution in [0, 0.1) is 3.82 Å². The molecule has 130 valence electrons. The molecule has 0 fully saturated rings. The zero-order valence-corrected chi connectivity index (χ0v) is 16.8. The monoisotopic (exact) mass is 387 g/mol. The van der Waals surface area contributed by atoms with Gasteiger partial charge in [0, 0.05) is 17.7 Å². The Labute approximate surface area is 161 Å². The quantitative estimate of drug-likeness (QED) is 0.390. The van der Waals surface area contributed by atoms with Crippen LogP contribution in [0.1, 0.15) is 19.4 Å². The number of rotatable bonds is 6. The summed E-state index contributed by atoms with van der Waals surface area (Å²) in [5, 5.41) is 10.3. The molecule has 1 N–H and O–H groups in total. The second kappa shape index (κ2) is 8.23. The number of phenolic OH excluding ortho intramolecular Hbond substituents is 1. The fourth-order valence-corrected chi connectivity index (χ4v) is 5.76. The summed E-state index contributed by atoms with van der Waals surface area (Å²) in [7, 11) is 3.36. The average Bonchev–Trinajstić information content (AvgIpc) is 3.03. The second-order valence-corrected chi connectivity index (χ2v) is 8.65. The summed E-state index contributed by atoms with van der Waals surface area (Å²) in [4.78, 5) is 3.50. The van der Waals surface area contributed by atoms with E-state index in [4.69, 9.17) is 12.2 Å². The molecule has 25 heavy (non-hydrogen) atoms. The average molecular weight is 388 g/mol. The molecule has 3 aromatic rings. The number of hydrogen-bond acceptors (Lipinski definition) is 5. The molecule has 0 bridgehead atoms. The largest absolute Gasteiger partial charge is 0.508 e. The van der Waals surface area contributed by atoms with Gasteiger partial charge in [0.05, 0.1) is 4.88 Å². The van der Waals surface area contributed by atoms with Gasteiger partial charge in [-0.05, 0) is 36.3 Å². The van der Waals surface area contributed by atoms with Gasteiger partial charge >= 0.3 is 0 Å². The van der Waals surface area contributed by atoms with Crippen molar-refractivity contribution in [2.45, 2.75) is 20.4 Å². The first kappa shape index (κ1) is 18.3. The van der Waals surface area contributed by atoms with Gasteiger partial charge in [-0.3, -0.25) is 4.90 Å². The molecule has 0 aliphatic rings. The summed E-state index contributed by atoms with van der Waals surface area (Å²) in [6.45, 7) is 6.94. The molecule has 0 unspecified atom stereocenters. The lowest BCUT2D eigenvalue weighted by Crippen LogP contribution is -2.22. The van der Waals surface area contributed by atoms with E-state index in [0.29, 0.717) is 5.75 Å². The molecule has 0 aliphatic carbocycles. The Bertz CT molecular complexity index is 895. The summed E-state index contributed by atoms with van der Waals surface area (Å²) in [6, 6.07) is 16.2.